The third kappa shape index (κ3) is 6.29. The number of rotatable bonds is 9. The molecule has 0 spiro atoms. The van der Waals surface area contributed by atoms with Gasteiger partial charge in [-0.1, -0.05) is 39.0 Å². The van der Waals surface area contributed by atoms with E-state index in [4.69, 9.17) is 4.74 Å². The molecule has 0 bridgehead atoms. The van der Waals surface area contributed by atoms with Crippen molar-refractivity contribution in [3.05, 3.63) is 34.9 Å². The molecule has 0 atom stereocenters. The number of carbonyl (C=O) groups is 2. The van der Waals surface area contributed by atoms with Crippen LogP contribution in [0, 0.1) is 6.92 Å². The van der Waals surface area contributed by atoms with Crippen LogP contribution in [0.1, 0.15) is 81.7 Å². The van der Waals surface area contributed by atoms with Crippen LogP contribution in [0.3, 0.4) is 0 Å². The normalized spacial score (nSPS) is 10.3. The maximum absolute atomic E-state index is 12.0. The Bertz CT molecular complexity index is 517. The number of carbonyl (C=O) groups excluding carboxylic acids is 2. The monoisotopic (exact) mass is 320 g/mol. The summed E-state index contributed by atoms with van der Waals surface area (Å²) in [5.74, 6) is -0.837. The van der Waals surface area contributed by atoms with Crippen LogP contribution in [-0.4, -0.2) is 25.7 Å². The molecule has 0 heterocycles. The highest BCUT2D eigenvalue weighted by Gasteiger charge is 2.13. The van der Waals surface area contributed by atoms with Gasteiger partial charge in [-0.15, -0.1) is 0 Å². The standard InChI is InChI=1S/C18H26O4.7H2/c1-4-5-6-7-8-9-10-22-18(20)16-12-14(2)11-15(13-16)17(19)21-3;;;;;;;/h11-13H,4-10H2,1-3H3;7*1H. The molecule has 0 saturated heterocycles. The first kappa shape index (κ1) is 18.2. The van der Waals surface area contributed by atoms with Gasteiger partial charge in [-0.25, -0.2) is 9.59 Å². The van der Waals surface area contributed by atoms with Crippen LogP contribution in [0.5, 0.6) is 0 Å². The number of unbranched alkanes of at least 4 members (excludes halogenated alkanes) is 5. The molecule has 0 aliphatic carbocycles. The highest BCUT2D eigenvalue weighted by atomic mass is 16.5. The summed E-state index contributed by atoms with van der Waals surface area (Å²) in [5.41, 5.74) is 1.59. The number of aryl methyl sites for hydroxylation is 1. The quantitative estimate of drug-likeness (QED) is 0.412. The van der Waals surface area contributed by atoms with Crippen molar-refractivity contribution >= 4 is 11.9 Å². The number of methoxy groups -OCH3 is 1. The minimum Gasteiger partial charge on any atom is -0.465 e. The molecule has 1 rings (SSSR count). The first-order valence-corrected chi connectivity index (χ1v) is 7.95. The van der Waals surface area contributed by atoms with E-state index in [-0.39, 0.29) is 16.0 Å². The minimum atomic E-state index is -0.450. The fourth-order valence-electron chi connectivity index (χ4n) is 2.27. The number of hydrogen-bond donors (Lipinski definition) is 0. The fourth-order valence-corrected chi connectivity index (χ4v) is 2.27. The molecule has 1 aromatic carbocycles. The first-order chi connectivity index (χ1) is 10.6. The summed E-state index contributed by atoms with van der Waals surface area (Å²) in [7, 11) is 1.32. The maximum Gasteiger partial charge on any atom is 0.338 e. The summed E-state index contributed by atoms with van der Waals surface area (Å²) in [6.45, 7) is 4.44. The highest BCUT2D eigenvalue weighted by molar-refractivity contribution is 5.95. The van der Waals surface area contributed by atoms with Gasteiger partial charge in [-0.3, -0.25) is 0 Å². The van der Waals surface area contributed by atoms with Crippen molar-refractivity contribution in [1.82, 2.24) is 0 Å². The summed E-state index contributed by atoms with van der Waals surface area (Å²) >= 11 is 0. The van der Waals surface area contributed by atoms with Gasteiger partial charge in [0.25, 0.3) is 0 Å². The molecule has 0 fully saturated rings. The Kier molecular flexibility index (Phi) is 8.26. The predicted molar refractivity (Wildman–Crippen MR) is 101 cm³/mol. The molecular weight excluding hydrogens is 280 g/mol. The summed E-state index contributed by atoms with van der Waals surface area (Å²) in [5, 5.41) is 0. The fraction of sp³-hybridized carbons (Fsp3) is 0.556. The molecule has 0 aliphatic rings. The zero-order chi connectivity index (χ0) is 16.4. The van der Waals surface area contributed by atoms with Gasteiger partial charge in [0.2, 0.25) is 0 Å². The molecule has 0 aliphatic heterocycles. The second-order valence-electron chi connectivity index (χ2n) is 5.48. The zero-order valence-corrected chi connectivity index (χ0v) is 13.8. The van der Waals surface area contributed by atoms with E-state index in [1.54, 1.807) is 12.1 Å². The summed E-state index contributed by atoms with van der Waals surface area (Å²) in [6, 6.07) is 4.93. The van der Waals surface area contributed by atoms with Crippen LogP contribution >= 0.6 is 0 Å². The van der Waals surface area contributed by atoms with Crippen LogP contribution in [0.2, 0.25) is 0 Å². The van der Waals surface area contributed by atoms with Crippen molar-refractivity contribution in [1.29, 1.82) is 0 Å². The van der Waals surface area contributed by atoms with E-state index < -0.39 is 5.97 Å². The molecular formula is C18H40O4. The lowest BCUT2D eigenvalue weighted by Crippen LogP contribution is -2.09. The Morgan fingerprint density at radius 1 is 0.955 bits per heavy atom. The lowest BCUT2D eigenvalue weighted by molar-refractivity contribution is 0.0497. The van der Waals surface area contributed by atoms with Crippen molar-refractivity contribution in [3.63, 3.8) is 0 Å². The molecule has 4 heteroatoms. The van der Waals surface area contributed by atoms with E-state index in [1.807, 2.05) is 6.92 Å². The Morgan fingerprint density at radius 2 is 1.55 bits per heavy atom. The topological polar surface area (TPSA) is 52.6 Å². The summed E-state index contributed by atoms with van der Waals surface area (Å²) in [4.78, 5) is 23.6. The van der Waals surface area contributed by atoms with E-state index in [1.165, 1.54) is 38.9 Å². The minimum absolute atomic E-state index is 0. The molecule has 0 N–H and O–H groups in total. The van der Waals surface area contributed by atoms with Gasteiger partial charge in [0.15, 0.2) is 0 Å². The molecule has 0 aromatic heterocycles. The molecule has 22 heavy (non-hydrogen) atoms. The Hall–Kier alpha value is -1.84. The first-order valence-electron chi connectivity index (χ1n) is 7.95. The van der Waals surface area contributed by atoms with Crippen LogP contribution in [-0.2, 0) is 9.47 Å². The number of esters is 2. The van der Waals surface area contributed by atoms with Crippen molar-refractivity contribution in [2.24, 2.45) is 0 Å². The van der Waals surface area contributed by atoms with E-state index >= 15 is 0 Å². The van der Waals surface area contributed by atoms with Gasteiger partial charge in [-0.05, 0) is 37.1 Å². The van der Waals surface area contributed by atoms with Crippen molar-refractivity contribution in [3.8, 4) is 0 Å². The SMILES string of the molecule is CCCCCCCCOC(=O)c1cc(C)cc(C(=O)OC)c1.[HH].[HH].[HH].[HH].[HH].[HH].[HH]. The van der Waals surface area contributed by atoms with E-state index in [0.29, 0.717) is 17.7 Å². The Labute approximate surface area is 143 Å². The van der Waals surface area contributed by atoms with Gasteiger partial charge < -0.3 is 9.47 Å². The smallest absolute Gasteiger partial charge is 0.338 e. The predicted octanol–water partition coefficient (Wildman–Crippen LogP) is 6.02. The lowest BCUT2D eigenvalue weighted by atomic mass is 10.1. The molecule has 0 amide bonds. The van der Waals surface area contributed by atoms with Crippen LogP contribution in [0.4, 0.5) is 0 Å². The third-order valence-electron chi connectivity index (χ3n) is 3.47. The van der Waals surface area contributed by atoms with Gasteiger partial charge >= 0.3 is 11.9 Å². The van der Waals surface area contributed by atoms with Crippen molar-refractivity contribution < 1.29 is 29.0 Å². The second kappa shape index (κ2) is 9.98. The average molecular weight is 321 g/mol. The molecule has 136 valence electrons. The molecule has 4 nitrogen and oxygen atoms in total. The van der Waals surface area contributed by atoms with Crippen LogP contribution in [0.15, 0.2) is 18.2 Å². The highest BCUT2D eigenvalue weighted by Crippen LogP contribution is 2.13. The molecule has 0 radical (unpaired) electrons. The average Bonchev–Trinajstić information content (AvgIpc) is 2.52. The molecule has 0 unspecified atom stereocenters. The van der Waals surface area contributed by atoms with Gasteiger partial charge in [0.1, 0.15) is 0 Å². The Balaban J connectivity index is -0.000000138. The largest absolute Gasteiger partial charge is 0.465 e. The third-order valence-corrected chi connectivity index (χ3v) is 3.47. The zero-order valence-electron chi connectivity index (χ0n) is 13.8. The van der Waals surface area contributed by atoms with Gasteiger partial charge in [0.05, 0.1) is 24.8 Å². The van der Waals surface area contributed by atoms with Crippen molar-refractivity contribution in [2.45, 2.75) is 52.4 Å². The second-order valence-corrected chi connectivity index (χ2v) is 5.48. The van der Waals surface area contributed by atoms with Crippen LogP contribution in [0.25, 0.3) is 0 Å². The molecule has 0 saturated carbocycles. The summed E-state index contributed by atoms with van der Waals surface area (Å²) in [6.07, 6.45) is 6.87. The van der Waals surface area contributed by atoms with E-state index in [2.05, 4.69) is 11.7 Å². The van der Waals surface area contributed by atoms with Crippen molar-refractivity contribution in [2.75, 3.05) is 13.7 Å². The Morgan fingerprint density at radius 3 is 2.18 bits per heavy atom. The number of benzene rings is 1. The summed E-state index contributed by atoms with van der Waals surface area (Å²) < 4.78 is 9.95. The maximum atomic E-state index is 12.0. The lowest BCUT2D eigenvalue weighted by Gasteiger charge is -2.07. The number of ether oxygens (including phenoxy) is 2. The number of hydrogen-bond acceptors (Lipinski definition) is 4. The van der Waals surface area contributed by atoms with Gasteiger partial charge in [0, 0.05) is 9.99 Å². The van der Waals surface area contributed by atoms with E-state index in [0.717, 1.165) is 18.4 Å². The van der Waals surface area contributed by atoms with Gasteiger partial charge in [-0.2, -0.15) is 0 Å². The van der Waals surface area contributed by atoms with Crippen LogP contribution < -0.4 is 0 Å². The van der Waals surface area contributed by atoms with E-state index in [9.17, 15) is 9.59 Å². The molecule has 1 aromatic rings.